The van der Waals surface area contributed by atoms with Crippen LogP contribution in [0.2, 0.25) is 0 Å². The van der Waals surface area contributed by atoms with E-state index in [4.69, 9.17) is 9.47 Å². The van der Waals surface area contributed by atoms with Crippen molar-refractivity contribution in [2.75, 3.05) is 18.1 Å². The molecule has 1 aliphatic heterocycles. The van der Waals surface area contributed by atoms with E-state index in [0.29, 0.717) is 30.2 Å². The topological polar surface area (TPSA) is 55.8 Å². The Balaban J connectivity index is 1.82. The van der Waals surface area contributed by atoms with Crippen molar-refractivity contribution < 1.29 is 19.1 Å². The molecule has 0 aliphatic carbocycles. The Kier molecular flexibility index (Phi) is 4.72. The first-order valence-corrected chi connectivity index (χ1v) is 8.63. The van der Waals surface area contributed by atoms with Crippen LogP contribution in [-0.4, -0.2) is 30.4 Å². The molecule has 5 nitrogen and oxygen atoms in total. The van der Waals surface area contributed by atoms with Crippen molar-refractivity contribution in [1.29, 1.82) is 0 Å². The minimum Gasteiger partial charge on any atom is -0.492 e. The molecule has 2 aromatic rings. The Bertz CT molecular complexity index is 840. The number of ether oxygens (including phenoxy) is 2. The van der Waals surface area contributed by atoms with Crippen molar-refractivity contribution in [3.8, 4) is 11.5 Å². The Morgan fingerprint density at radius 1 is 1.15 bits per heavy atom. The second-order valence-electron chi connectivity index (χ2n) is 6.97. The summed E-state index contributed by atoms with van der Waals surface area (Å²) in [5.74, 6) is 1.14. The number of hydrogen-bond acceptors (Lipinski definition) is 4. The summed E-state index contributed by atoms with van der Waals surface area (Å²) >= 11 is 0. The molecule has 0 bridgehead atoms. The molecule has 0 fully saturated rings. The number of anilines is 1. The van der Waals surface area contributed by atoms with E-state index in [9.17, 15) is 9.59 Å². The number of amides is 1. The summed E-state index contributed by atoms with van der Waals surface area (Å²) in [6.07, 6.45) is 0. The molecule has 26 heavy (non-hydrogen) atoms. The predicted octanol–water partition coefficient (Wildman–Crippen LogP) is 3.78. The van der Waals surface area contributed by atoms with Crippen LogP contribution in [0.3, 0.4) is 0 Å². The molecule has 0 N–H and O–H groups in total. The van der Waals surface area contributed by atoms with E-state index >= 15 is 0 Å². The van der Waals surface area contributed by atoms with Crippen LogP contribution in [0.15, 0.2) is 42.5 Å². The van der Waals surface area contributed by atoms with E-state index in [1.54, 1.807) is 36.9 Å². The minimum absolute atomic E-state index is 0.0547. The molecule has 2 aromatic carbocycles. The van der Waals surface area contributed by atoms with Gasteiger partial charge in [0.2, 0.25) is 0 Å². The van der Waals surface area contributed by atoms with Gasteiger partial charge < -0.3 is 14.4 Å². The van der Waals surface area contributed by atoms with Gasteiger partial charge in [0, 0.05) is 5.56 Å². The summed E-state index contributed by atoms with van der Waals surface area (Å²) in [7, 11) is 0. The number of rotatable bonds is 5. The van der Waals surface area contributed by atoms with Gasteiger partial charge in [0.05, 0.1) is 12.2 Å². The second-order valence-corrected chi connectivity index (χ2v) is 6.97. The number of carbonyl (C=O) groups excluding carboxylic acids is 2. The normalized spacial score (nSPS) is 15.2. The molecule has 0 radical (unpaired) electrons. The van der Waals surface area contributed by atoms with Gasteiger partial charge in [-0.1, -0.05) is 17.7 Å². The molecule has 136 valence electrons. The second kappa shape index (κ2) is 6.83. The Labute approximate surface area is 153 Å². The standard InChI is InChI=1S/C21H23NO4/c1-14-5-8-17(9-6-14)25-12-11-22-18-13-16(15(2)23)7-10-19(18)26-21(3,4)20(22)24/h5-10,13H,11-12H2,1-4H3. The maximum absolute atomic E-state index is 12.8. The van der Waals surface area contributed by atoms with E-state index in [1.807, 2.05) is 31.2 Å². The molecule has 1 aliphatic rings. The fourth-order valence-corrected chi connectivity index (χ4v) is 2.90. The minimum atomic E-state index is -0.964. The SMILES string of the molecule is CC(=O)c1ccc2c(c1)N(CCOc1ccc(C)cc1)C(=O)C(C)(C)O2. The molecule has 3 rings (SSSR count). The highest BCUT2D eigenvalue weighted by Crippen LogP contribution is 2.38. The molecule has 0 aromatic heterocycles. The van der Waals surface area contributed by atoms with E-state index in [2.05, 4.69) is 0 Å². The third-order valence-electron chi connectivity index (χ3n) is 4.39. The van der Waals surface area contributed by atoms with Crippen molar-refractivity contribution in [1.82, 2.24) is 0 Å². The molecule has 0 atom stereocenters. The number of benzene rings is 2. The molecule has 0 saturated carbocycles. The van der Waals surface area contributed by atoms with Crippen LogP contribution in [-0.2, 0) is 4.79 Å². The first-order chi connectivity index (χ1) is 12.3. The van der Waals surface area contributed by atoms with Gasteiger partial charge in [-0.25, -0.2) is 0 Å². The van der Waals surface area contributed by atoms with Gasteiger partial charge >= 0.3 is 0 Å². The fourth-order valence-electron chi connectivity index (χ4n) is 2.90. The monoisotopic (exact) mass is 353 g/mol. The fraction of sp³-hybridized carbons (Fsp3) is 0.333. The third kappa shape index (κ3) is 3.57. The van der Waals surface area contributed by atoms with E-state index < -0.39 is 5.60 Å². The molecule has 0 spiro atoms. The first-order valence-electron chi connectivity index (χ1n) is 8.63. The van der Waals surface area contributed by atoms with Crippen LogP contribution in [0.5, 0.6) is 11.5 Å². The van der Waals surface area contributed by atoms with E-state index in [1.165, 1.54) is 6.92 Å². The highest BCUT2D eigenvalue weighted by molar-refractivity contribution is 6.04. The van der Waals surface area contributed by atoms with Crippen LogP contribution in [0.25, 0.3) is 0 Å². The average Bonchev–Trinajstić information content (AvgIpc) is 2.59. The van der Waals surface area contributed by atoms with Crippen LogP contribution in [0.4, 0.5) is 5.69 Å². The molecule has 1 heterocycles. The van der Waals surface area contributed by atoms with Gasteiger partial charge in [0.1, 0.15) is 18.1 Å². The average molecular weight is 353 g/mol. The van der Waals surface area contributed by atoms with Gasteiger partial charge in [0.15, 0.2) is 11.4 Å². The summed E-state index contributed by atoms with van der Waals surface area (Å²) < 4.78 is 11.6. The quantitative estimate of drug-likeness (QED) is 0.768. The molecular formula is C21H23NO4. The zero-order valence-electron chi connectivity index (χ0n) is 15.5. The summed E-state index contributed by atoms with van der Waals surface area (Å²) in [6.45, 7) is 7.71. The summed E-state index contributed by atoms with van der Waals surface area (Å²) in [4.78, 5) is 26.2. The van der Waals surface area contributed by atoms with Gasteiger partial charge in [-0.3, -0.25) is 9.59 Å². The predicted molar refractivity (Wildman–Crippen MR) is 100 cm³/mol. The lowest BCUT2D eigenvalue weighted by Gasteiger charge is -2.38. The highest BCUT2D eigenvalue weighted by Gasteiger charge is 2.40. The van der Waals surface area contributed by atoms with Gasteiger partial charge in [0.25, 0.3) is 5.91 Å². The highest BCUT2D eigenvalue weighted by atomic mass is 16.5. The Morgan fingerprint density at radius 3 is 2.50 bits per heavy atom. The number of nitrogens with zero attached hydrogens (tertiary/aromatic N) is 1. The number of fused-ring (bicyclic) bond motifs is 1. The van der Waals surface area contributed by atoms with E-state index in [-0.39, 0.29) is 11.7 Å². The number of aryl methyl sites for hydroxylation is 1. The third-order valence-corrected chi connectivity index (χ3v) is 4.39. The zero-order chi connectivity index (χ0) is 18.9. The van der Waals surface area contributed by atoms with Crippen LogP contribution < -0.4 is 14.4 Å². The van der Waals surface area contributed by atoms with Crippen molar-refractivity contribution >= 4 is 17.4 Å². The van der Waals surface area contributed by atoms with Crippen molar-refractivity contribution in [3.63, 3.8) is 0 Å². The largest absolute Gasteiger partial charge is 0.492 e. The molecule has 0 unspecified atom stereocenters. The van der Waals surface area contributed by atoms with Crippen LogP contribution in [0.1, 0.15) is 36.7 Å². The van der Waals surface area contributed by atoms with Crippen molar-refractivity contribution in [2.45, 2.75) is 33.3 Å². The Hall–Kier alpha value is -2.82. The van der Waals surface area contributed by atoms with Crippen LogP contribution in [0, 0.1) is 6.92 Å². The molecule has 5 heteroatoms. The smallest absolute Gasteiger partial charge is 0.270 e. The zero-order valence-corrected chi connectivity index (χ0v) is 15.5. The number of carbonyl (C=O) groups is 2. The molecule has 0 saturated heterocycles. The van der Waals surface area contributed by atoms with E-state index in [0.717, 1.165) is 11.3 Å². The summed E-state index contributed by atoms with van der Waals surface area (Å²) in [5, 5.41) is 0. The summed E-state index contributed by atoms with van der Waals surface area (Å²) in [5.41, 5.74) is 1.35. The maximum Gasteiger partial charge on any atom is 0.270 e. The van der Waals surface area contributed by atoms with Crippen molar-refractivity contribution in [2.24, 2.45) is 0 Å². The lowest BCUT2D eigenvalue weighted by atomic mass is 10.0. The van der Waals surface area contributed by atoms with Gasteiger partial charge in [-0.2, -0.15) is 0 Å². The lowest BCUT2D eigenvalue weighted by molar-refractivity contribution is -0.132. The molecular weight excluding hydrogens is 330 g/mol. The van der Waals surface area contributed by atoms with Gasteiger partial charge in [-0.15, -0.1) is 0 Å². The van der Waals surface area contributed by atoms with Gasteiger partial charge in [-0.05, 0) is 58.0 Å². The lowest BCUT2D eigenvalue weighted by Crippen LogP contribution is -2.53. The molecule has 1 amide bonds. The summed E-state index contributed by atoms with van der Waals surface area (Å²) in [6, 6.07) is 12.9. The first kappa shape index (κ1) is 18.0. The number of ketones is 1. The van der Waals surface area contributed by atoms with Crippen molar-refractivity contribution in [3.05, 3.63) is 53.6 Å². The Morgan fingerprint density at radius 2 is 1.85 bits per heavy atom. The maximum atomic E-state index is 12.8. The number of hydrogen-bond donors (Lipinski definition) is 0. The number of Topliss-reactive ketones (excluding diaryl/α,β-unsaturated/α-hetero) is 1. The van der Waals surface area contributed by atoms with Crippen LogP contribution >= 0.6 is 0 Å².